The third-order valence-corrected chi connectivity index (χ3v) is 6.13. The number of amides is 1. The van der Waals surface area contributed by atoms with Crippen LogP contribution in [0.3, 0.4) is 0 Å². The normalized spacial score (nSPS) is 17.4. The van der Waals surface area contributed by atoms with Crippen LogP contribution in [-0.2, 0) is 15.6 Å². The summed E-state index contributed by atoms with van der Waals surface area (Å²) in [5.41, 5.74) is 1.27. The van der Waals surface area contributed by atoms with Gasteiger partial charge in [-0.15, -0.1) is 12.4 Å². The van der Waals surface area contributed by atoms with Crippen LogP contribution in [0.5, 0.6) is 0 Å². The third-order valence-electron chi connectivity index (χ3n) is 4.42. The van der Waals surface area contributed by atoms with Gasteiger partial charge < -0.3 is 10.2 Å². The Balaban J connectivity index is 0.00000243. The van der Waals surface area contributed by atoms with Crippen molar-refractivity contribution in [2.24, 2.45) is 0 Å². The van der Waals surface area contributed by atoms with E-state index < -0.39 is 9.84 Å². The molecule has 1 unspecified atom stereocenters. The highest BCUT2D eigenvalue weighted by molar-refractivity contribution is 7.90. The van der Waals surface area contributed by atoms with Gasteiger partial charge in [-0.3, -0.25) is 4.79 Å². The van der Waals surface area contributed by atoms with Gasteiger partial charge in [0.25, 0.3) is 5.91 Å². The second-order valence-corrected chi connectivity index (χ2v) is 8.31. The molecular weight excluding hydrogens is 372 g/mol. The lowest BCUT2D eigenvalue weighted by molar-refractivity contribution is 0.0655. The van der Waals surface area contributed by atoms with Crippen LogP contribution in [-0.4, -0.2) is 44.9 Å². The van der Waals surface area contributed by atoms with E-state index in [9.17, 15) is 13.2 Å². The lowest BCUT2D eigenvalue weighted by Gasteiger charge is -2.34. The fourth-order valence-electron chi connectivity index (χ4n) is 2.99. The number of carbonyl (C=O) groups excluding carboxylic acids is 1. The highest BCUT2D eigenvalue weighted by Gasteiger charge is 2.24. The predicted molar refractivity (Wildman–Crippen MR) is 104 cm³/mol. The molecule has 0 spiro atoms. The maximum Gasteiger partial charge on any atom is 0.254 e. The molecule has 2 aromatic rings. The van der Waals surface area contributed by atoms with E-state index in [1.165, 1.54) is 12.1 Å². The number of hydrogen-bond acceptors (Lipinski definition) is 4. The van der Waals surface area contributed by atoms with Crippen molar-refractivity contribution in [3.05, 3.63) is 65.7 Å². The van der Waals surface area contributed by atoms with E-state index >= 15 is 0 Å². The predicted octanol–water partition coefficient (Wildman–Crippen LogP) is 2.52. The Bertz CT molecular complexity index is 839. The quantitative estimate of drug-likeness (QED) is 0.865. The Morgan fingerprint density at radius 2 is 1.77 bits per heavy atom. The second-order valence-electron chi connectivity index (χ2n) is 6.32. The summed E-state index contributed by atoms with van der Waals surface area (Å²) in [6.07, 6.45) is 0. The minimum absolute atomic E-state index is 0. The minimum Gasteiger partial charge on any atom is -0.333 e. The molecule has 1 saturated heterocycles. The van der Waals surface area contributed by atoms with E-state index in [1.54, 1.807) is 24.3 Å². The first-order valence-corrected chi connectivity index (χ1v) is 10.0. The van der Waals surface area contributed by atoms with E-state index in [1.807, 2.05) is 30.0 Å². The first kappa shape index (κ1) is 20.4. The number of benzene rings is 2. The van der Waals surface area contributed by atoms with Crippen molar-refractivity contribution in [3.63, 3.8) is 0 Å². The largest absolute Gasteiger partial charge is 0.333 e. The molecule has 3 rings (SSSR count). The van der Waals surface area contributed by atoms with E-state index in [0.29, 0.717) is 12.1 Å². The zero-order chi connectivity index (χ0) is 17.9. The number of halogens is 1. The Hall–Kier alpha value is -1.89. The molecule has 5 nitrogen and oxygen atoms in total. The highest BCUT2D eigenvalue weighted by Crippen LogP contribution is 2.18. The molecule has 26 heavy (non-hydrogen) atoms. The van der Waals surface area contributed by atoms with Gasteiger partial charge in [0.1, 0.15) is 0 Å². The van der Waals surface area contributed by atoms with Gasteiger partial charge in [0, 0.05) is 31.2 Å². The summed E-state index contributed by atoms with van der Waals surface area (Å²) in [6, 6.07) is 15.5. The number of carbonyl (C=O) groups is 1. The SMILES string of the molecule is CC1CNCCN1C(=O)c1ccc(S(=O)(=O)Cc2ccccc2)cc1.Cl. The van der Waals surface area contributed by atoms with Crippen molar-refractivity contribution in [1.82, 2.24) is 10.2 Å². The summed E-state index contributed by atoms with van der Waals surface area (Å²) >= 11 is 0. The van der Waals surface area contributed by atoms with E-state index in [4.69, 9.17) is 0 Å². The van der Waals surface area contributed by atoms with Gasteiger partial charge in [0.15, 0.2) is 9.84 Å². The summed E-state index contributed by atoms with van der Waals surface area (Å²) in [5, 5.41) is 3.25. The van der Waals surface area contributed by atoms with Crippen molar-refractivity contribution < 1.29 is 13.2 Å². The summed E-state index contributed by atoms with van der Waals surface area (Å²) in [4.78, 5) is 14.7. The molecule has 1 N–H and O–H groups in total. The number of nitrogens with zero attached hydrogens (tertiary/aromatic N) is 1. The maximum atomic E-state index is 12.6. The molecule has 1 amide bonds. The van der Waals surface area contributed by atoms with Crippen molar-refractivity contribution in [2.75, 3.05) is 19.6 Å². The lowest BCUT2D eigenvalue weighted by atomic mass is 10.1. The summed E-state index contributed by atoms with van der Waals surface area (Å²) in [5.74, 6) is -0.100. The van der Waals surface area contributed by atoms with Gasteiger partial charge in [-0.05, 0) is 36.8 Å². The molecular formula is C19H23ClN2O3S. The van der Waals surface area contributed by atoms with Crippen LogP contribution in [0.2, 0.25) is 0 Å². The monoisotopic (exact) mass is 394 g/mol. The Kier molecular flexibility index (Phi) is 6.81. The number of piperazine rings is 1. The molecule has 1 atom stereocenters. The van der Waals surface area contributed by atoms with Crippen molar-refractivity contribution in [3.8, 4) is 0 Å². The van der Waals surface area contributed by atoms with Crippen LogP contribution < -0.4 is 5.32 Å². The van der Waals surface area contributed by atoms with Crippen LogP contribution in [0.1, 0.15) is 22.8 Å². The molecule has 1 aliphatic heterocycles. The first-order valence-electron chi connectivity index (χ1n) is 8.36. The Morgan fingerprint density at radius 3 is 2.38 bits per heavy atom. The van der Waals surface area contributed by atoms with Crippen LogP contribution in [0, 0.1) is 0 Å². The summed E-state index contributed by atoms with van der Waals surface area (Å²) in [6.45, 7) is 4.21. The van der Waals surface area contributed by atoms with Gasteiger partial charge in [0.2, 0.25) is 0 Å². The lowest BCUT2D eigenvalue weighted by Crippen LogP contribution is -2.52. The number of rotatable bonds is 4. The van der Waals surface area contributed by atoms with E-state index in [-0.39, 0.29) is 35.0 Å². The zero-order valence-corrected chi connectivity index (χ0v) is 16.2. The summed E-state index contributed by atoms with van der Waals surface area (Å²) < 4.78 is 25.1. The standard InChI is InChI=1S/C19H22N2O3S.ClH/c1-15-13-20-11-12-21(15)19(22)17-7-9-18(10-8-17)25(23,24)14-16-5-3-2-4-6-16;/h2-10,15,20H,11-14H2,1H3;1H. The maximum absolute atomic E-state index is 12.6. The van der Waals surface area contributed by atoms with Gasteiger partial charge >= 0.3 is 0 Å². The Labute approximate surface area is 160 Å². The number of sulfone groups is 1. The average molecular weight is 395 g/mol. The van der Waals surface area contributed by atoms with Crippen molar-refractivity contribution in [1.29, 1.82) is 0 Å². The third kappa shape index (κ3) is 4.63. The van der Waals surface area contributed by atoms with Crippen molar-refractivity contribution in [2.45, 2.75) is 23.6 Å². The summed E-state index contributed by atoms with van der Waals surface area (Å²) in [7, 11) is -3.43. The van der Waals surface area contributed by atoms with E-state index in [0.717, 1.165) is 18.7 Å². The molecule has 1 heterocycles. The molecule has 0 bridgehead atoms. The molecule has 2 aromatic carbocycles. The van der Waals surface area contributed by atoms with Gasteiger partial charge in [-0.2, -0.15) is 0 Å². The fourth-order valence-corrected chi connectivity index (χ4v) is 4.34. The minimum atomic E-state index is -3.43. The van der Waals surface area contributed by atoms with Gasteiger partial charge in [-0.1, -0.05) is 30.3 Å². The smallest absolute Gasteiger partial charge is 0.254 e. The molecule has 140 valence electrons. The molecule has 0 aromatic heterocycles. The van der Waals surface area contributed by atoms with Crippen LogP contribution >= 0.6 is 12.4 Å². The van der Waals surface area contributed by atoms with E-state index in [2.05, 4.69) is 5.32 Å². The van der Waals surface area contributed by atoms with Crippen molar-refractivity contribution >= 4 is 28.2 Å². The Morgan fingerprint density at radius 1 is 1.12 bits per heavy atom. The molecule has 0 saturated carbocycles. The van der Waals surface area contributed by atoms with Crippen LogP contribution in [0.25, 0.3) is 0 Å². The molecule has 1 fully saturated rings. The van der Waals surface area contributed by atoms with Crippen LogP contribution in [0.4, 0.5) is 0 Å². The highest BCUT2D eigenvalue weighted by atomic mass is 35.5. The van der Waals surface area contributed by atoms with Gasteiger partial charge in [0.05, 0.1) is 10.6 Å². The average Bonchev–Trinajstić information content (AvgIpc) is 2.62. The van der Waals surface area contributed by atoms with Crippen LogP contribution in [0.15, 0.2) is 59.5 Å². The molecule has 7 heteroatoms. The topological polar surface area (TPSA) is 66.5 Å². The number of hydrogen-bond donors (Lipinski definition) is 1. The number of nitrogens with one attached hydrogen (secondary N) is 1. The zero-order valence-electron chi connectivity index (χ0n) is 14.6. The van der Waals surface area contributed by atoms with Gasteiger partial charge in [-0.25, -0.2) is 8.42 Å². The second kappa shape index (κ2) is 8.66. The molecule has 1 aliphatic rings. The molecule has 0 aliphatic carbocycles. The fraction of sp³-hybridized carbons (Fsp3) is 0.316. The molecule has 0 radical (unpaired) electrons. The first-order chi connectivity index (χ1) is 12.0.